The molecule has 0 saturated carbocycles. The molecule has 0 radical (unpaired) electrons. The Morgan fingerprint density at radius 2 is 1.83 bits per heavy atom. The van der Waals surface area contributed by atoms with E-state index < -0.39 is 23.0 Å². The van der Waals surface area contributed by atoms with E-state index >= 15 is 0 Å². The minimum Gasteiger partial charge on any atom is -0.284 e. The summed E-state index contributed by atoms with van der Waals surface area (Å²) in [5.41, 5.74) is -1.60. The number of rotatable bonds is 6. The van der Waals surface area contributed by atoms with Gasteiger partial charge in [-0.15, -0.1) is 41.2 Å². The van der Waals surface area contributed by atoms with Crippen molar-refractivity contribution in [3.05, 3.63) is 66.9 Å². The number of halogens is 5. The van der Waals surface area contributed by atoms with Gasteiger partial charge in [0.1, 0.15) is 10.7 Å². The number of alkyl halides is 3. The summed E-state index contributed by atoms with van der Waals surface area (Å²) >= 11 is 2.27. The van der Waals surface area contributed by atoms with Crippen LogP contribution < -0.4 is 11.2 Å². The van der Waals surface area contributed by atoms with Crippen LogP contribution in [-0.4, -0.2) is 24.3 Å². The highest BCUT2D eigenvalue weighted by atomic mass is 35.5. The van der Waals surface area contributed by atoms with Crippen LogP contribution in [0.1, 0.15) is 35.7 Å². The first kappa shape index (κ1) is 29.9. The third-order valence-corrected chi connectivity index (χ3v) is 7.55. The number of aromatic amines is 1. The number of aryl methyl sites for hydroxylation is 1. The largest absolute Gasteiger partial charge is 0.416 e. The second-order valence-corrected chi connectivity index (χ2v) is 10.4. The van der Waals surface area contributed by atoms with Crippen molar-refractivity contribution in [2.75, 3.05) is 0 Å². The highest BCUT2D eigenvalue weighted by Crippen LogP contribution is 2.41. The maximum Gasteiger partial charge on any atom is 0.416 e. The smallest absolute Gasteiger partial charge is 0.284 e. The van der Waals surface area contributed by atoms with Crippen LogP contribution in [0.15, 0.2) is 43.9 Å². The Labute approximate surface area is 225 Å². The molecule has 0 unspecified atom stereocenters. The molecule has 0 atom stereocenters. The fourth-order valence-corrected chi connectivity index (χ4v) is 6.14. The van der Waals surface area contributed by atoms with Crippen molar-refractivity contribution >= 4 is 58.1 Å². The number of thiophene rings is 1. The zero-order valence-corrected chi connectivity index (χ0v) is 22.9. The first-order valence-electron chi connectivity index (χ1n) is 10.4. The second kappa shape index (κ2) is 11.4. The number of benzene rings is 1. The predicted octanol–water partition coefficient (Wildman–Crippen LogP) is 5.45. The predicted molar refractivity (Wildman–Crippen MR) is 140 cm³/mol. The summed E-state index contributed by atoms with van der Waals surface area (Å²) in [7, 11) is 1.41. The van der Waals surface area contributed by atoms with Crippen LogP contribution in [0.2, 0.25) is 0 Å². The average molecular weight is 583 g/mol. The summed E-state index contributed by atoms with van der Waals surface area (Å²) < 4.78 is 43.5. The topological polar surface area (TPSA) is 85.6 Å². The van der Waals surface area contributed by atoms with E-state index in [4.69, 9.17) is 0 Å². The van der Waals surface area contributed by atoms with Gasteiger partial charge in [-0.25, -0.2) is 9.78 Å². The van der Waals surface area contributed by atoms with Crippen molar-refractivity contribution in [1.29, 1.82) is 0 Å². The van der Waals surface area contributed by atoms with E-state index in [2.05, 4.69) is 15.2 Å². The molecular weight excluding hydrogens is 558 g/mol. The Bertz CT molecular complexity index is 1490. The van der Waals surface area contributed by atoms with E-state index in [1.165, 1.54) is 35.1 Å². The fraction of sp³-hybridized carbons (Fsp3) is 0.364. The zero-order valence-electron chi connectivity index (χ0n) is 19.7. The van der Waals surface area contributed by atoms with Crippen molar-refractivity contribution < 1.29 is 13.2 Å². The SMILES string of the molecule is Cc1nc(Sc2c(Cc3ccccc3C(F)(F)F)sc3c2c(=O)n(C)c(=O)n3CC(C)C)n[nH]1.Cl.Cl. The lowest BCUT2D eigenvalue weighted by molar-refractivity contribution is -0.138. The molecule has 1 aromatic carbocycles. The molecular formula is C22H24Cl2F3N5O2S2. The number of nitrogens with zero attached hydrogens (tertiary/aromatic N) is 4. The van der Waals surface area contributed by atoms with Gasteiger partial charge < -0.3 is 0 Å². The Hall–Kier alpha value is -2.28. The molecule has 7 nitrogen and oxygen atoms in total. The first-order chi connectivity index (χ1) is 16.0. The van der Waals surface area contributed by atoms with Gasteiger partial charge in [-0.05, 0) is 36.2 Å². The highest BCUT2D eigenvalue weighted by molar-refractivity contribution is 7.99. The molecule has 1 N–H and O–H groups in total. The van der Waals surface area contributed by atoms with Gasteiger partial charge in [-0.1, -0.05) is 32.0 Å². The van der Waals surface area contributed by atoms with E-state index in [1.54, 1.807) is 13.0 Å². The Balaban J connectivity index is 0.00000228. The Morgan fingerprint density at radius 3 is 2.42 bits per heavy atom. The summed E-state index contributed by atoms with van der Waals surface area (Å²) in [6, 6.07) is 5.37. The van der Waals surface area contributed by atoms with E-state index in [1.807, 2.05) is 13.8 Å². The van der Waals surface area contributed by atoms with Crippen molar-refractivity contribution in [2.45, 2.75) is 50.0 Å². The van der Waals surface area contributed by atoms with Gasteiger partial charge in [-0.3, -0.25) is 19.0 Å². The van der Waals surface area contributed by atoms with Crippen molar-refractivity contribution in [3.63, 3.8) is 0 Å². The molecule has 3 heterocycles. The molecule has 4 aromatic rings. The Kier molecular flexibility index (Phi) is 9.49. The second-order valence-electron chi connectivity index (χ2n) is 8.32. The highest BCUT2D eigenvalue weighted by Gasteiger charge is 2.33. The minimum absolute atomic E-state index is 0. The molecule has 0 aliphatic heterocycles. The monoisotopic (exact) mass is 581 g/mol. The van der Waals surface area contributed by atoms with Gasteiger partial charge in [0.15, 0.2) is 0 Å². The third kappa shape index (κ3) is 5.82. The molecule has 0 bridgehead atoms. The maximum atomic E-state index is 13.7. The van der Waals surface area contributed by atoms with Gasteiger partial charge in [0, 0.05) is 29.8 Å². The van der Waals surface area contributed by atoms with Crippen LogP contribution >= 0.6 is 47.9 Å². The van der Waals surface area contributed by atoms with Gasteiger partial charge in [0.05, 0.1) is 10.9 Å². The lowest BCUT2D eigenvalue weighted by Crippen LogP contribution is -2.38. The molecule has 196 valence electrons. The number of hydrogen-bond acceptors (Lipinski definition) is 6. The van der Waals surface area contributed by atoms with Crippen LogP contribution in [0, 0.1) is 12.8 Å². The zero-order chi connectivity index (χ0) is 24.8. The van der Waals surface area contributed by atoms with Crippen LogP contribution in [0.5, 0.6) is 0 Å². The van der Waals surface area contributed by atoms with Crippen LogP contribution in [0.3, 0.4) is 0 Å². The third-order valence-electron chi connectivity index (χ3n) is 5.19. The van der Waals surface area contributed by atoms with Crippen molar-refractivity contribution in [3.8, 4) is 0 Å². The van der Waals surface area contributed by atoms with Crippen LogP contribution in [-0.2, 0) is 26.2 Å². The molecule has 4 rings (SSSR count). The van der Waals surface area contributed by atoms with E-state index in [0.717, 1.165) is 22.4 Å². The van der Waals surface area contributed by atoms with Crippen molar-refractivity contribution in [2.24, 2.45) is 13.0 Å². The van der Waals surface area contributed by atoms with Gasteiger partial charge >= 0.3 is 11.9 Å². The standard InChI is InChI=1S/C22H22F3N5O2S2.2ClH/c1-11(2)10-30-19-16(18(31)29(4)21(30)32)17(34-20-26-12(3)27-28-20)15(33-19)9-13-7-5-6-8-14(13)22(23,24)25;;/h5-8,11H,9-10H2,1-4H3,(H,26,27,28);2*1H. The summed E-state index contributed by atoms with van der Waals surface area (Å²) in [4.78, 5) is 31.9. The summed E-state index contributed by atoms with van der Waals surface area (Å²) in [6.07, 6.45) is -4.57. The number of fused-ring (bicyclic) bond motifs is 1. The van der Waals surface area contributed by atoms with Gasteiger partial charge in [0.2, 0.25) is 5.16 Å². The first-order valence-corrected chi connectivity index (χ1v) is 12.1. The molecule has 0 aliphatic rings. The summed E-state index contributed by atoms with van der Waals surface area (Å²) in [5.74, 6) is 0.678. The summed E-state index contributed by atoms with van der Waals surface area (Å²) in [6.45, 7) is 5.99. The van der Waals surface area contributed by atoms with Gasteiger partial charge in [0.25, 0.3) is 5.56 Å². The van der Waals surface area contributed by atoms with E-state index in [-0.39, 0.29) is 42.7 Å². The molecule has 14 heteroatoms. The molecule has 0 amide bonds. The lowest BCUT2D eigenvalue weighted by atomic mass is 10.0. The quantitative estimate of drug-likeness (QED) is 0.327. The number of nitrogens with one attached hydrogen (secondary N) is 1. The maximum absolute atomic E-state index is 13.7. The molecule has 0 fully saturated rings. The number of hydrogen-bond donors (Lipinski definition) is 1. The molecule has 3 aromatic heterocycles. The lowest BCUT2D eigenvalue weighted by Gasteiger charge is -2.12. The minimum atomic E-state index is -4.52. The average Bonchev–Trinajstić information content (AvgIpc) is 3.33. The van der Waals surface area contributed by atoms with E-state index in [9.17, 15) is 22.8 Å². The fourth-order valence-electron chi connectivity index (χ4n) is 3.69. The number of aromatic nitrogens is 5. The van der Waals surface area contributed by atoms with Gasteiger partial charge in [-0.2, -0.15) is 13.2 Å². The summed E-state index contributed by atoms with van der Waals surface area (Å²) in [5, 5.41) is 7.48. The molecule has 0 spiro atoms. The van der Waals surface area contributed by atoms with Crippen LogP contribution in [0.25, 0.3) is 10.2 Å². The van der Waals surface area contributed by atoms with Crippen LogP contribution in [0.4, 0.5) is 13.2 Å². The number of H-pyrrole nitrogens is 1. The molecule has 0 saturated heterocycles. The van der Waals surface area contributed by atoms with Crippen molar-refractivity contribution in [1.82, 2.24) is 24.3 Å². The normalized spacial score (nSPS) is 11.6. The Morgan fingerprint density at radius 1 is 1.17 bits per heavy atom. The molecule has 0 aliphatic carbocycles. The van der Waals surface area contributed by atoms with E-state index in [0.29, 0.717) is 37.5 Å². The molecule has 36 heavy (non-hydrogen) atoms.